The van der Waals surface area contributed by atoms with Crippen LogP contribution < -0.4 is 4.74 Å². The fourth-order valence-electron chi connectivity index (χ4n) is 3.69. The van der Waals surface area contributed by atoms with E-state index in [1.807, 2.05) is 73.8 Å². The first-order valence-electron chi connectivity index (χ1n) is 10.9. The lowest BCUT2D eigenvalue weighted by Crippen LogP contribution is -2.27. The maximum atomic E-state index is 13.2. The largest absolute Gasteiger partial charge is 0.492 e. The van der Waals surface area contributed by atoms with Gasteiger partial charge in [-0.05, 0) is 55.5 Å². The maximum absolute atomic E-state index is 13.2. The molecule has 0 spiro atoms. The van der Waals surface area contributed by atoms with Crippen LogP contribution in [0, 0.1) is 0 Å². The van der Waals surface area contributed by atoms with Gasteiger partial charge >= 0.3 is 0 Å². The van der Waals surface area contributed by atoms with E-state index in [1.165, 1.54) is 11.8 Å². The third-order valence-electron chi connectivity index (χ3n) is 5.32. The van der Waals surface area contributed by atoms with Crippen molar-refractivity contribution in [2.75, 3.05) is 6.61 Å². The summed E-state index contributed by atoms with van der Waals surface area (Å²) in [6.45, 7) is 2.72. The Kier molecular flexibility index (Phi) is 6.77. The zero-order chi connectivity index (χ0) is 24.4. The Hall–Kier alpha value is -3.33. The molecule has 5 rings (SSSR count). The number of benzene rings is 2. The molecule has 0 saturated carbocycles. The number of amides is 1. The van der Waals surface area contributed by atoms with Gasteiger partial charge < -0.3 is 9.15 Å². The molecule has 2 aromatic carbocycles. The van der Waals surface area contributed by atoms with Gasteiger partial charge in [-0.25, -0.2) is 4.68 Å². The van der Waals surface area contributed by atoms with Gasteiger partial charge in [-0.15, -0.1) is 0 Å². The lowest BCUT2D eigenvalue weighted by molar-refractivity contribution is -0.122. The molecule has 0 bridgehead atoms. The van der Waals surface area contributed by atoms with E-state index in [-0.39, 0.29) is 5.91 Å². The normalized spacial score (nSPS) is 14.8. The highest BCUT2D eigenvalue weighted by Crippen LogP contribution is 2.37. The molecular weight excluding hydrogens is 502 g/mol. The van der Waals surface area contributed by atoms with E-state index in [0.717, 1.165) is 16.8 Å². The summed E-state index contributed by atoms with van der Waals surface area (Å²) in [5.74, 6) is 1.12. The van der Waals surface area contributed by atoms with Gasteiger partial charge in [0.25, 0.3) is 5.91 Å². The quantitative estimate of drug-likeness (QED) is 0.202. The van der Waals surface area contributed by atoms with Gasteiger partial charge in [0.05, 0.1) is 35.0 Å². The Bertz CT molecular complexity index is 1420. The smallest absolute Gasteiger partial charge is 0.266 e. The van der Waals surface area contributed by atoms with E-state index < -0.39 is 0 Å². The summed E-state index contributed by atoms with van der Waals surface area (Å²) in [6.07, 6.45) is 5.30. The number of thiocarbonyl (C=S) groups is 1. The Morgan fingerprint density at radius 3 is 2.71 bits per heavy atom. The molecule has 1 amide bonds. The van der Waals surface area contributed by atoms with Crippen molar-refractivity contribution in [3.8, 4) is 22.7 Å². The van der Waals surface area contributed by atoms with Gasteiger partial charge in [-0.3, -0.25) is 9.69 Å². The highest BCUT2D eigenvalue weighted by Gasteiger charge is 2.33. The highest BCUT2D eigenvalue weighted by atomic mass is 35.5. The number of ether oxygens (including phenoxy) is 1. The van der Waals surface area contributed by atoms with E-state index in [9.17, 15) is 4.79 Å². The van der Waals surface area contributed by atoms with Crippen LogP contribution in [0.2, 0.25) is 5.02 Å². The topological polar surface area (TPSA) is 60.5 Å². The molecule has 176 valence electrons. The molecule has 0 radical (unpaired) electrons. The van der Waals surface area contributed by atoms with Gasteiger partial charge in [0, 0.05) is 17.3 Å². The number of nitrogens with zero attached hydrogens (tertiary/aromatic N) is 3. The first-order valence-corrected chi connectivity index (χ1v) is 12.5. The van der Waals surface area contributed by atoms with Crippen molar-refractivity contribution in [1.82, 2.24) is 14.7 Å². The predicted octanol–water partition coefficient (Wildman–Crippen LogP) is 6.59. The second-order valence-electron chi connectivity index (χ2n) is 7.64. The van der Waals surface area contributed by atoms with Crippen LogP contribution in [-0.4, -0.2) is 31.5 Å². The van der Waals surface area contributed by atoms with Gasteiger partial charge in [-0.2, -0.15) is 5.10 Å². The van der Waals surface area contributed by atoms with Crippen molar-refractivity contribution in [1.29, 1.82) is 0 Å². The molecule has 1 aliphatic rings. The van der Waals surface area contributed by atoms with Crippen molar-refractivity contribution in [3.63, 3.8) is 0 Å². The summed E-state index contributed by atoms with van der Waals surface area (Å²) in [4.78, 5) is 15.2. The summed E-state index contributed by atoms with van der Waals surface area (Å²) in [5, 5.41) is 5.32. The molecule has 35 heavy (non-hydrogen) atoms. The van der Waals surface area contributed by atoms with Gasteiger partial charge in [0.1, 0.15) is 21.5 Å². The van der Waals surface area contributed by atoms with Crippen LogP contribution in [0.15, 0.2) is 82.4 Å². The second kappa shape index (κ2) is 10.1. The summed E-state index contributed by atoms with van der Waals surface area (Å²) >= 11 is 13.2. The minimum atomic E-state index is -0.167. The van der Waals surface area contributed by atoms with E-state index in [0.29, 0.717) is 44.6 Å². The Morgan fingerprint density at radius 1 is 1.17 bits per heavy atom. The molecule has 0 aliphatic carbocycles. The molecule has 1 fully saturated rings. The molecule has 2 aromatic heterocycles. The van der Waals surface area contributed by atoms with Crippen LogP contribution in [0.3, 0.4) is 0 Å². The van der Waals surface area contributed by atoms with E-state index in [2.05, 4.69) is 0 Å². The monoisotopic (exact) mass is 521 g/mol. The van der Waals surface area contributed by atoms with Crippen molar-refractivity contribution in [2.24, 2.45) is 0 Å². The number of rotatable bonds is 7. The molecule has 6 nitrogen and oxygen atoms in total. The summed E-state index contributed by atoms with van der Waals surface area (Å²) in [7, 11) is 0. The number of thioether (sulfide) groups is 1. The number of carbonyl (C=O) groups excluding carboxylic acids is 1. The molecule has 3 heterocycles. The van der Waals surface area contributed by atoms with Crippen LogP contribution in [0.4, 0.5) is 0 Å². The third-order valence-corrected chi connectivity index (χ3v) is 7.00. The second-order valence-corrected chi connectivity index (χ2v) is 9.72. The molecule has 4 aromatic rings. The highest BCUT2D eigenvalue weighted by molar-refractivity contribution is 8.26. The average Bonchev–Trinajstić information content (AvgIpc) is 3.59. The SMILES string of the molecule is CCOc1ccc(-c2nn(-c3ccccc3)cc2C=C2SC(=S)N(Cc3ccco3)C2=O)cc1Cl. The van der Waals surface area contributed by atoms with E-state index in [4.69, 9.17) is 38.1 Å². The first kappa shape index (κ1) is 23.4. The van der Waals surface area contributed by atoms with Crippen LogP contribution in [-0.2, 0) is 11.3 Å². The van der Waals surface area contributed by atoms with Crippen molar-refractivity contribution >= 4 is 51.9 Å². The lowest BCUT2D eigenvalue weighted by Gasteiger charge is -2.11. The van der Waals surface area contributed by atoms with Crippen LogP contribution in [0.25, 0.3) is 23.0 Å². The van der Waals surface area contributed by atoms with Crippen molar-refractivity contribution < 1.29 is 13.9 Å². The molecule has 9 heteroatoms. The van der Waals surface area contributed by atoms with Gasteiger partial charge in [0.15, 0.2) is 0 Å². The summed E-state index contributed by atoms with van der Waals surface area (Å²) in [5.41, 5.74) is 3.17. The third kappa shape index (κ3) is 4.91. The standard InChI is InChI=1S/C26H20ClN3O3S2/c1-2-32-22-11-10-17(13-21(22)27)24-18(15-30(28-24)19-7-4-3-5-8-19)14-23-25(31)29(26(34)35-23)16-20-9-6-12-33-20/h3-15H,2,16H2,1H3. The zero-order valence-electron chi connectivity index (χ0n) is 18.7. The molecule has 1 aliphatic heterocycles. The number of halogens is 1. The number of hydrogen-bond acceptors (Lipinski definition) is 6. The first-order chi connectivity index (χ1) is 17.0. The molecule has 1 saturated heterocycles. The molecule has 0 unspecified atom stereocenters. The molecule has 0 N–H and O–H groups in total. The summed E-state index contributed by atoms with van der Waals surface area (Å²) in [6, 6.07) is 18.9. The lowest BCUT2D eigenvalue weighted by atomic mass is 10.1. The number of para-hydroxylation sites is 1. The van der Waals surface area contributed by atoms with E-state index >= 15 is 0 Å². The summed E-state index contributed by atoms with van der Waals surface area (Å²) < 4.78 is 13.2. The minimum absolute atomic E-state index is 0.167. The van der Waals surface area contributed by atoms with Gasteiger partial charge in [-0.1, -0.05) is 53.8 Å². The van der Waals surface area contributed by atoms with E-state index in [1.54, 1.807) is 21.9 Å². The fourth-order valence-corrected chi connectivity index (χ4v) is 5.17. The molecular formula is C26H20ClN3O3S2. The molecule has 0 atom stereocenters. The van der Waals surface area contributed by atoms with Crippen LogP contribution in [0.1, 0.15) is 18.2 Å². The van der Waals surface area contributed by atoms with Crippen molar-refractivity contribution in [3.05, 3.63) is 94.4 Å². The number of hydrogen-bond donors (Lipinski definition) is 0. The van der Waals surface area contributed by atoms with Gasteiger partial charge in [0.2, 0.25) is 0 Å². The average molecular weight is 522 g/mol. The number of furan rings is 1. The van der Waals surface area contributed by atoms with Crippen LogP contribution >= 0.6 is 35.6 Å². The zero-order valence-corrected chi connectivity index (χ0v) is 21.1. The Morgan fingerprint density at radius 2 is 2.00 bits per heavy atom. The fraction of sp³-hybridized carbons (Fsp3) is 0.115. The minimum Gasteiger partial charge on any atom is -0.492 e. The Balaban J connectivity index is 1.54. The van der Waals surface area contributed by atoms with Crippen molar-refractivity contribution in [2.45, 2.75) is 13.5 Å². The maximum Gasteiger partial charge on any atom is 0.266 e. The number of aromatic nitrogens is 2. The number of carbonyl (C=O) groups is 1. The Labute approximate surface area is 217 Å². The van der Waals surface area contributed by atoms with Crippen LogP contribution in [0.5, 0.6) is 5.75 Å². The predicted molar refractivity (Wildman–Crippen MR) is 143 cm³/mol.